The molecule has 1 heterocycles. The van der Waals surface area contributed by atoms with Crippen LogP contribution in [0.4, 0.5) is 5.82 Å². The molecule has 2 unspecified atom stereocenters. The fourth-order valence-corrected chi connectivity index (χ4v) is 1.46. The molecule has 6 nitrogen and oxygen atoms in total. The molecule has 4 N–H and O–H groups in total. The van der Waals surface area contributed by atoms with Crippen molar-refractivity contribution in [1.29, 1.82) is 0 Å². The number of aliphatic carboxylic acids is 1. The molecule has 18 heavy (non-hydrogen) atoms. The Kier molecular flexibility index (Phi) is 4.25. The molecule has 0 aromatic carbocycles. The lowest BCUT2D eigenvalue weighted by atomic mass is 10.0. The van der Waals surface area contributed by atoms with Crippen LogP contribution in [-0.4, -0.2) is 28.0 Å². The third kappa shape index (κ3) is 3.44. The van der Waals surface area contributed by atoms with E-state index in [0.717, 1.165) is 0 Å². The van der Waals surface area contributed by atoms with Gasteiger partial charge in [0.25, 0.3) is 0 Å². The maximum absolute atomic E-state index is 11.1. The molecule has 98 valence electrons. The number of primary amides is 1. The number of anilines is 1. The quantitative estimate of drug-likeness (QED) is 0.724. The van der Waals surface area contributed by atoms with Gasteiger partial charge in [-0.25, -0.2) is 4.98 Å². The number of carbonyl (C=O) groups excluding carboxylic acids is 1. The fraction of sp³-hybridized carbons (Fsp3) is 0.417. The number of carbonyl (C=O) groups is 2. The maximum Gasteiger partial charge on any atom is 0.308 e. The highest BCUT2D eigenvalue weighted by atomic mass is 16.4. The highest BCUT2D eigenvalue weighted by Gasteiger charge is 2.19. The number of aromatic nitrogens is 1. The van der Waals surface area contributed by atoms with Gasteiger partial charge in [0.15, 0.2) is 0 Å². The van der Waals surface area contributed by atoms with Crippen molar-refractivity contribution in [3.63, 3.8) is 0 Å². The van der Waals surface area contributed by atoms with E-state index in [-0.39, 0.29) is 6.04 Å². The van der Waals surface area contributed by atoms with E-state index in [4.69, 9.17) is 10.8 Å². The number of amides is 1. The topological polar surface area (TPSA) is 105 Å². The van der Waals surface area contributed by atoms with Crippen LogP contribution in [0.5, 0.6) is 0 Å². The fourth-order valence-electron chi connectivity index (χ4n) is 1.46. The molecule has 1 amide bonds. The van der Waals surface area contributed by atoms with Crippen molar-refractivity contribution in [2.75, 3.05) is 5.32 Å². The Bertz CT molecular complexity index is 474. The van der Waals surface area contributed by atoms with Crippen molar-refractivity contribution in [2.24, 2.45) is 11.7 Å². The minimum absolute atomic E-state index is 0.308. The molecular weight excluding hydrogens is 234 g/mol. The van der Waals surface area contributed by atoms with Gasteiger partial charge in [0.2, 0.25) is 5.91 Å². The summed E-state index contributed by atoms with van der Waals surface area (Å²) in [6.07, 6.45) is 0. The van der Waals surface area contributed by atoms with Gasteiger partial charge in [-0.15, -0.1) is 0 Å². The summed E-state index contributed by atoms with van der Waals surface area (Å²) >= 11 is 0. The molecule has 1 aromatic heterocycles. The molecule has 0 aliphatic heterocycles. The SMILES string of the molecule is Cc1cc(C(N)=O)cc(NC(C)C(C)C(=O)O)n1. The van der Waals surface area contributed by atoms with Crippen molar-refractivity contribution in [1.82, 2.24) is 4.98 Å². The predicted molar refractivity (Wildman–Crippen MR) is 67.4 cm³/mol. The molecule has 0 saturated heterocycles. The van der Waals surface area contributed by atoms with Gasteiger partial charge >= 0.3 is 5.97 Å². The third-order valence-corrected chi connectivity index (χ3v) is 2.75. The molecule has 0 saturated carbocycles. The number of nitrogens with two attached hydrogens (primary N) is 1. The molecule has 1 rings (SSSR count). The van der Waals surface area contributed by atoms with Gasteiger partial charge in [-0.05, 0) is 32.9 Å². The van der Waals surface area contributed by atoms with Gasteiger partial charge in [0.05, 0.1) is 5.92 Å². The predicted octanol–water partition coefficient (Wildman–Crippen LogP) is 1.01. The van der Waals surface area contributed by atoms with E-state index in [2.05, 4.69) is 10.3 Å². The van der Waals surface area contributed by atoms with Crippen LogP contribution in [0.2, 0.25) is 0 Å². The summed E-state index contributed by atoms with van der Waals surface area (Å²) in [6, 6.07) is 2.79. The van der Waals surface area contributed by atoms with Crippen molar-refractivity contribution in [3.8, 4) is 0 Å². The molecular formula is C12H17N3O3. The van der Waals surface area contributed by atoms with Crippen LogP contribution < -0.4 is 11.1 Å². The number of rotatable bonds is 5. The van der Waals surface area contributed by atoms with Crippen LogP contribution in [0.15, 0.2) is 12.1 Å². The standard InChI is InChI=1S/C12H17N3O3/c1-6-4-9(11(13)16)5-10(14-6)15-8(3)7(2)12(17)18/h4-5,7-8H,1-3H3,(H2,13,16)(H,14,15)(H,17,18). The first-order chi connectivity index (χ1) is 8.31. The molecule has 0 aliphatic carbocycles. The molecule has 0 radical (unpaired) electrons. The number of carboxylic acids is 1. The Morgan fingerprint density at radius 2 is 2.00 bits per heavy atom. The number of nitrogens with one attached hydrogen (secondary N) is 1. The summed E-state index contributed by atoms with van der Waals surface area (Å²) in [4.78, 5) is 26.1. The Balaban J connectivity index is 2.91. The maximum atomic E-state index is 11.1. The number of hydrogen-bond acceptors (Lipinski definition) is 4. The van der Waals surface area contributed by atoms with E-state index in [1.807, 2.05) is 0 Å². The summed E-state index contributed by atoms with van der Waals surface area (Å²) < 4.78 is 0. The number of carboxylic acid groups (broad SMARTS) is 1. The smallest absolute Gasteiger partial charge is 0.308 e. The van der Waals surface area contributed by atoms with E-state index in [0.29, 0.717) is 17.1 Å². The zero-order valence-corrected chi connectivity index (χ0v) is 10.6. The van der Waals surface area contributed by atoms with Crippen molar-refractivity contribution < 1.29 is 14.7 Å². The molecule has 6 heteroatoms. The molecule has 0 aliphatic rings. The lowest BCUT2D eigenvalue weighted by Gasteiger charge is -2.18. The number of hydrogen-bond donors (Lipinski definition) is 3. The van der Waals surface area contributed by atoms with Crippen LogP contribution in [0.25, 0.3) is 0 Å². The van der Waals surface area contributed by atoms with E-state index in [1.165, 1.54) is 6.07 Å². The van der Waals surface area contributed by atoms with Crippen LogP contribution >= 0.6 is 0 Å². The Labute approximate surface area is 105 Å². The summed E-state index contributed by atoms with van der Waals surface area (Å²) in [5.74, 6) is -1.55. The Morgan fingerprint density at radius 3 is 2.50 bits per heavy atom. The molecule has 0 spiro atoms. The van der Waals surface area contributed by atoms with Gasteiger partial charge in [0, 0.05) is 17.3 Å². The van der Waals surface area contributed by atoms with Gasteiger partial charge in [-0.1, -0.05) is 0 Å². The lowest BCUT2D eigenvalue weighted by molar-refractivity contribution is -0.141. The van der Waals surface area contributed by atoms with Crippen LogP contribution in [0, 0.1) is 12.8 Å². The number of aryl methyl sites for hydroxylation is 1. The zero-order chi connectivity index (χ0) is 13.9. The Hall–Kier alpha value is -2.11. The van der Waals surface area contributed by atoms with E-state index < -0.39 is 17.8 Å². The first-order valence-corrected chi connectivity index (χ1v) is 5.59. The summed E-state index contributed by atoms with van der Waals surface area (Å²) in [5.41, 5.74) is 6.19. The third-order valence-electron chi connectivity index (χ3n) is 2.75. The zero-order valence-electron chi connectivity index (χ0n) is 10.6. The van der Waals surface area contributed by atoms with Crippen LogP contribution in [0.1, 0.15) is 29.9 Å². The van der Waals surface area contributed by atoms with Gasteiger partial charge in [-0.3, -0.25) is 9.59 Å². The molecule has 0 fully saturated rings. The largest absolute Gasteiger partial charge is 0.481 e. The average Bonchev–Trinajstić information content (AvgIpc) is 2.26. The Morgan fingerprint density at radius 1 is 1.39 bits per heavy atom. The average molecular weight is 251 g/mol. The van der Waals surface area contributed by atoms with Crippen molar-refractivity contribution in [2.45, 2.75) is 26.8 Å². The second-order valence-electron chi connectivity index (χ2n) is 4.31. The monoisotopic (exact) mass is 251 g/mol. The second-order valence-corrected chi connectivity index (χ2v) is 4.31. The molecule has 1 aromatic rings. The summed E-state index contributed by atoms with van der Waals surface area (Å²) in [7, 11) is 0. The summed E-state index contributed by atoms with van der Waals surface area (Å²) in [5, 5.41) is 11.9. The van der Waals surface area contributed by atoms with E-state index in [9.17, 15) is 9.59 Å². The minimum Gasteiger partial charge on any atom is -0.481 e. The van der Waals surface area contributed by atoms with Gasteiger partial charge in [-0.2, -0.15) is 0 Å². The van der Waals surface area contributed by atoms with Gasteiger partial charge < -0.3 is 16.2 Å². The molecule has 0 bridgehead atoms. The molecule has 2 atom stereocenters. The second kappa shape index (κ2) is 5.48. The highest BCUT2D eigenvalue weighted by molar-refractivity contribution is 5.93. The van der Waals surface area contributed by atoms with E-state index >= 15 is 0 Å². The van der Waals surface area contributed by atoms with Crippen LogP contribution in [0.3, 0.4) is 0 Å². The number of pyridine rings is 1. The summed E-state index contributed by atoms with van der Waals surface area (Å²) in [6.45, 7) is 5.08. The minimum atomic E-state index is -0.891. The number of nitrogens with zero attached hydrogens (tertiary/aromatic N) is 1. The normalized spacial score (nSPS) is 13.7. The van der Waals surface area contributed by atoms with Crippen LogP contribution in [-0.2, 0) is 4.79 Å². The first-order valence-electron chi connectivity index (χ1n) is 5.59. The lowest BCUT2D eigenvalue weighted by Crippen LogP contribution is -2.30. The van der Waals surface area contributed by atoms with Crippen molar-refractivity contribution >= 4 is 17.7 Å². The van der Waals surface area contributed by atoms with Crippen molar-refractivity contribution in [3.05, 3.63) is 23.4 Å². The highest BCUT2D eigenvalue weighted by Crippen LogP contribution is 2.14. The first kappa shape index (κ1) is 14.0. The van der Waals surface area contributed by atoms with Gasteiger partial charge in [0.1, 0.15) is 5.82 Å². The van der Waals surface area contributed by atoms with E-state index in [1.54, 1.807) is 26.8 Å².